The standard InChI is InChI=1S/C32H29NO3P2S/c34-39(35,36)32-23-13-14-27(24-32)33(25-37(28-15-5-1-6-16-28)29-17-7-2-8-18-29)26-38(30-19-9-3-10-20-30)31-21-11-4-12-22-31/h1-24H,25-26H2,(H,34,35,36). The summed E-state index contributed by atoms with van der Waals surface area (Å²) in [6, 6.07) is 48.7. The Labute approximate surface area is 233 Å². The summed E-state index contributed by atoms with van der Waals surface area (Å²) in [6.45, 7) is 0. The normalized spacial score (nSPS) is 11.6. The van der Waals surface area contributed by atoms with Crippen molar-refractivity contribution >= 4 is 52.9 Å². The second-order valence-electron chi connectivity index (χ2n) is 8.99. The van der Waals surface area contributed by atoms with E-state index in [0.717, 1.165) is 5.69 Å². The van der Waals surface area contributed by atoms with Crippen LogP contribution in [0.25, 0.3) is 0 Å². The van der Waals surface area contributed by atoms with E-state index in [0.29, 0.717) is 12.6 Å². The first kappa shape index (κ1) is 27.2. The van der Waals surface area contributed by atoms with E-state index in [4.69, 9.17) is 0 Å². The number of hydrogen-bond donors (Lipinski definition) is 1. The van der Waals surface area contributed by atoms with Gasteiger partial charge in [0.25, 0.3) is 10.1 Å². The molecule has 0 saturated carbocycles. The molecule has 0 radical (unpaired) electrons. The Hall–Kier alpha value is -3.33. The minimum atomic E-state index is -4.34. The molecule has 0 unspecified atom stereocenters. The van der Waals surface area contributed by atoms with Crippen molar-refractivity contribution in [1.82, 2.24) is 0 Å². The lowest BCUT2D eigenvalue weighted by Crippen LogP contribution is -2.32. The Balaban J connectivity index is 1.62. The van der Waals surface area contributed by atoms with Crippen molar-refractivity contribution in [2.24, 2.45) is 0 Å². The van der Waals surface area contributed by atoms with Gasteiger partial charge in [-0.3, -0.25) is 4.55 Å². The van der Waals surface area contributed by atoms with Crippen LogP contribution in [-0.4, -0.2) is 25.5 Å². The zero-order valence-corrected chi connectivity index (χ0v) is 23.9. The van der Waals surface area contributed by atoms with Crippen molar-refractivity contribution in [3.05, 3.63) is 146 Å². The molecule has 1 N–H and O–H groups in total. The molecule has 7 heteroatoms. The van der Waals surface area contributed by atoms with Gasteiger partial charge in [0, 0.05) is 18.3 Å². The summed E-state index contributed by atoms with van der Waals surface area (Å²) in [5.74, 6) is 0. The van der Waals surface area contributed by atoms with Gasteiger partial charge in [-0.15, -0.1) is 0 Å². The first-order valence-corrected chi connectivity index (χ1v) is 17.1. The summed E-state index contributed by atoms with van der Waals surface area (Å²) in [5.41, 5.74) is 0.767. The van der Waals surface area contributed by atoms with Crippen molar-refractivity contribution in [3.63, 3.8) is 0 Å². The lowest BCUT2D eigenvalue weighted by Gasteiger charge is -2.34. The molecular weight excluding hydrogens is 540 g/mol. The largest absolute Gasteiger partial charge is 0.362 e. The summed E-state index contributed by atoms with van der Waals surface area (Å²) < 4.78 is 34.0. The molecule has 5 aromatic rings. The first-order valence-electron chi connectivity index (χ1n) is 12.6. The lowest BCUT2D eigenvalue weighted by molar-refractivity contribution is 0.483. The van der Waals surface area contributed by atoms with Crippen LogP contribution in [0.1, 0.15) is 0 Å². The Bertz CT molecular complexity index is 1420. The van der Waals surface area contributed by atoms with Gasteiger partial charge in [-0.05, 0) is 55.3 Å². The predicted octanol–water partition coefficient (Wildman–Crippen LogP) is 5.92. The molecule has 5 rings (SSSR count). The number of rotatable bonds is 10. The van der Waals surface area contributed by atoms with E-state index < -0.39 is 26.0 Å². The minimum absolute atomic E-state index is 0.0995. The van der Waals surface area contributed by atoms with Crippen LogP contribution in [0.15, 0.2) is 150 Å². The van der Waals surface area contributed by atoms with E-state index in [-0.39, 0.29) is 4.90 Å². The fourth-order valence-electron chi connectivity index (χ4n) is 4.45. The van der Waals surface area contributed by atoms with E-state index in [1.165, 1.54) is 27.3 Å². The lowest BCUT2D eigenvalue weighted by atomic mass is 10.3. The quantitative estimate of drug-likeness (QED) is 0.168. The third-order valence-corrected chi connectivity index (χ3v) is 12.2. The van der Waals surface area contributed by atoms with Gasteiger partial charge in [-0.1, -0.05) is 127 Å². The van der Waals surface area contributed by atoms with E-state index in [1.807, 2.05) is 30.3 Å². The highest BCUT2D eigenvalue weighted by atomic mass is 32.2. The molecule has 39 heavy (non-hydrogen) atoms. The number of benzene rings is 5. The molecule has 0 aliphatic rings. The Kier molecular flexibility index (Phi) is 8.86. The molecule has 4 nitrogen and oxygen atoms in total. The van der Waals surface area contributed by atoms with Crippen LogP contribution in [0.5, 0.6) is 0 Å². The molecule has 0 heterocycles. The smallest absolute Gasteiger partial charge is 0.294 e. The van der Waals surface area contributed by atoms with Gasteiger partial charge in [0.15, 0.2) is 0 Å². The van der Waals surface area contributed by atoms with Crippen molar-refractivity contribution in [2.75, 3.05) is 17.5 Å². The van der Waals surface area contributed by atoms with Crippen LogP contribution in [0.4, 0.5) is 5.69 Å². The monoisotopic (exact) mass is 569 g/mol. The summed E-state index contributed by atoms with van der Waals surface area (Å²) in [4.78, 5) is 2.20. The number of anilines is 1. The van der Waals surface area contributed by atoms with Gasteiger partial charge in [0.1, 0.15) is 0 Å². The maximum absolute atomic E-state index is 12.1. The van der Waals surface area contributed by atoms with Crippen molar-refractivity contribution < 1.29 is 13.0 Å². The molecule has 0 amide bonds. The summed E-state index contributed by atoms with van der Waals surface area (Å²) >= 11 is 0. The van der Waals surface area contributed by atoms with Crippen LogP contribution >= 0.6 is 15.8 Å². The van der Waals surface area contributed by atoms with Crippen LogP contribution in [0.2, 0.25) is 0 Å². The average molecular weight is 570 g/mol. The molecule has 0 fully saturated rings. The van der Waals surface area contributed by atoms with Gasteiger partial charge in [0.05, 0.1) is 4.90 Å². The molecule has 5 aromatic carbocycles. The number of hydrogen-bond acceptors (Lipinski definition) is 3. The summed E-state index contributed by atoms with van der Waals surface area (Å²) in [5, 5.41) is 4.99. The van der Waals surface area contributed by atoms with Gasteiger partial charge < -0.3 is 4.90 Å². The topological polar surface area (TPSA) is 57.6 Å². The van der Waals surface area contributed by atoms with Crippen molar-refractivity contribution in [2.45, 2.75) is 4.90 Å². The second kappa shape index (κ2) is 12.7. The highest BCUT2D eigenvalue weighted by Gasteiger charge is 2.24. The molecule has 0 aliphatic heterocycles. The van der Waals surface area contributed by atoms with E-state index in [1.54, 1.807) is 12.1 Å². The van der Waals surface area contributed by atoms with Gasteiger partial charge >= 0.3 is 0 Å². The average Bonchev–Trinajstić information content (AvgIpc) is 2.99. The molecule has 0 atom stereocenters. The molecular formula is C32H29NO3P2S. The van der Waals surface area contributed by atoms with Crippen molar-refractivity contribution in [3.8, 4) is 0 Å². The molecule has 0 spiro atoms. The first-order chi connectivity index (χ1) is 19.0. The Morgan fingerprint density at radius 3 is 1.21 bits per heavy atom. The minimum Gasteiger partial charge on any atom is -0.362 e. The van der Waals surface area contributed by atoms with Crippen LogP contribution in [0.3, 0.4) is 0 Å². The number of nitrogens with zero attached hydrogens (tertiary/aromatic N) is 1. The molecule has 0 saturated heterocycles. The summed E-state index contributed by atoms with van der Waals surface area (Å²) in [6.07, 6.45) is 1.38. The van der Waals surface area contributed by atoms with E-state index in [9.17, 15) is 13.0 Å². The van der Waals surface area contributed by atoms with Gasteiger partial charge in [-0.2, -0.15) is 8.42 Å². The third kappa shape index (κ3) is 7.01. The summed E-state index contributed by atoms with van der Waals surface area (Å²) in [7, 11) is -5.93. The molecule has 0 aliphatic carbocycles. The Morgan fingerprint density at radius 1 is 0.513 bits per heavy atom. The third-order valence-electron chi connectivity index (χ3n) is 6.38. The highest BCUT2D eigenvalue weighted by molar-refractivity contribution is 7.85. The van der Waals surface area contributed by atoms with Crippen LogP contribution in [-0.2, 0) is 10.1 Å². The fourth-order valence-corrected chi connectivity index (χ4v) is 9.71. The van der Waals surface area contributed by atoms with Crippen LogP contribution in [0, 0.1) is 0 Å². The van der Waals surface area contributed by atoms with Gasteiger partial charge in [-0.25, -0.2) is 0 Å². The highest BCUT2D eigenvalue weighted by Crippen LogP contribution is 2.41. The second-order valence-corrected chi connectivity index (χ2v) is 14.8. The van der Waals surface area contributed by atoms with Crippen molar-refractivity contribution in [1.29, 1.82) is 0 Å². The zero-order chi connectivity index (χ0) is 27.1. The molecule has 0 aromatic heterocycles. The van der Waals surface area contributed by atoms with Gasteiger partial charge in [0.2, 0.25) is 0 Å². The molecule has 0 bridgehead atoms. The Morgan fingerprint density at radius 2 is 0.872 bits per heavy atom. The SMILES string of the molecule is O=S(=O)(O)c1cccc(N(CP(c2ccccc2)c2ccccc2)CP(c2ccccc2)c2ccccc2)c1. The fraction of sp³-hybridized carbons (Fsp3) is 0.0625. The molecule has 196 valence electrons. The van der Waals surface area contributed by atoms with Crippen LogP contribution < -0.4 is 26.1 Å². The zero-order valence-electron chi connectivity index (χ0n) is 21.3. The maximum atomic E-state index is 12.1. The predicted molar refractivity (Wildman–Crippen MR) is 167 cm³/mol. The van der Waals surface area contributed by atoms with E-state index >= 15 is 0 Å². The van der Waals surface area contributed by atoms with E-state index in [2.05, 4.69) is 102 Å². The maximum Gasteiger partial charge on any atom is 0.294 e.